The van der Waals surface area contributed by atoms with Crippen molar-refractivity contribution in [2.24, 2.45) is 0 Å². The van der Waals surface area contributed by atoms with Crippen LogP contribution in [0.4, 0.5) is 0 Å². The first kappa shape index (κ1) is 29.7. The van der Waals surface area contributed by atoms with Gasteiger partial charge in [-0.1, -0.05) is 69.2 Å². The zero-order chi connectivity index (χ0) is 29.1. The lowest BCUT2D eigenvalue weighted by atomic mass is 9.93. The Morgan fingerprint density at radius 3 is 1.68 bits per heavy atom. The second-order valence-electron chi connectivity index (χ2n) is 8.22. The molecule has 0 aliphatic rings. The van der Waals surface area contributed by atoms with Gasteiger partial charge in [-0.3, -0.25) is 9.59 Å². The van der Waals surface area contributed by atoms with E-state index >= 15 is 0 Å². The van der Waals surface area contributed by atoms with E-state index in [0.29, 0.717) is 5.75 Å². The van der Waals surface area contributed by atoms with E-state index in [-0.39, 0.29) is 59.0 Å². The van der Waals surface area contributed by atoms with E-state index in [1.54, 1.807) is 18.2 Å². The summed E-state index contributed by atoms with van der Waals surface area (Å²) in [4.78, 5) is 41.4. The van der Waals surface area contributed by atoms with Crippen LogP contribution in [0, 0.1) is 0 Å². The standard InChI is InChI=1S/C29H18Cl4O6P/c1-38-15-12-13-22(39-2)17(14-15)29(36)40(37)23-11-3-6-16(27(34)25-18(30)7-4-8-19(25)31)24(23)28(35)26-20(32)9-5-10-21(26)33/h3-14H,1-2H3/q+1. The molecule has 0 heterocycles. The van der Waals surface area contributed by atoms with Gasteiger partial charge in [0, 0.05) is 5.56 Å². The quantitative estimate of drug-likeness (QED) is 0.137. The summed E-state index contributed by atoms with van der Waals surface area (Å²) >= 11 is 25.3. The Hall–Kier alpha value is -3.25. The van der Waals surface area contributed by atoms with Crippen molar-refractivity contribution >= 4 is 76.6 Å². The van der Waals surface area contributed by atoms with Gasteiger partial charge in [-0.25, -0.2) is 4.79 Å². The molecule has 0 N–H and O–H groups in total. The summed E-state index contributed by atoms with van der Waals surface area (Å²) < 4.78 is 24.4. The average molecular weight is 635 g/mol. The fraction of sp³-hybridized carbons (Fsp3) is 0.0690. The number of carbonyl (C=O) groups excluding carboxylic acids is 3. The molecule has 0 aromatic heterocycles. The molecule has 0 aliphatic carbocycles. The second-order valence-corrected chi connectivity index (χ2v) is 11.3. The first-order valence-corrected chi connectivity index (χ1v) is 14.2. The van der Waals surface area contributed by atoms with Crippen LogP contribution in [0.3, 0.4) is 0 Å². The fourth-order valence-electron chi connectivity index (χ4n) is 4.03. The summed E-state index contributed by atoms with van der Waals surface area (Å²) in [6.45, 7) is 0. The molecule has 0 saturated heterocycles. The lowest BCUT2D eigenvalue weighted by Gasteiger charge is -2.12. The number of rotatable bonds is 9. The molecule has 4 aromatic carbocycles. The predicted octanol–water partition coefficient (Wildman–Crippen LogP) is 8.07. The molecule has 4 rings (SSSR count). The monoisotopic (exact) mass is 633 g/mol. The number of halogens is 4. The minimum absolute atomic E-state index is 0.00232. The molecule has 1 unspecified atom stereocenters. The summed E-state index contributed by atoms with van der Waals surface area (Å²) in [6, 6.07) is 17.5. The van der Waals surface area contributed by atoms with E-state index in [2.05, 4.69) is 0 Å². The molecule has 0 spiro atoms. The van der Waals surface area contributed by atoms with Gasteiger partial charge in [0.25, 0.3) is 0 Å². The first-order chi connectivity index (χ1) is 19.1. The molecule has 0 saturated carbocycles. The van der Waals surface area contributed by atoms with Crippen LogP contribution in [0.5, 0.6) is 11.5 Å². The van der Waals surface area contributed by atoms with Gasteiger partial charge < -0.3 is 9.47 Å². The highest BCUT2D eigenvalue weighted by atomic mass is 35.5. The molecule has 202 valence electrons. The average Bonchev–Trinajstić information content (AvgIpc) is 2.95. The van der Waals surface area contributed by atoms with Gasteiger partial charge in [0.1, 0.15) is 17.1 Å². The first-order valence-electron chi connectivity index (χ1n) is 11.4. The predicted molar refractivity (Wildman–Crippen MR) is 157 cm³/mol. The van der Waals surface area contributed by atoms with Gasteiger partial charge in [-0.15, -0.1) is 0 Å². The Labute approximate surface area is 250 Å². The molecule has 0 radical (unpaired) electrons. The maximum absolute atomic E-state index is 14.1. The number of ketones is 2. The van der Waals surface area contributed by atoms with E-state index in [9.17, 15) is 18.9 Å². The zero-order valence-electron chi connectivity index (χ0n) is 20.8. The second kappa shape index (κ2) is 12.5. The van der Waals surface area contributed by atoms with Crippen molar-refractivity contribution in [1.29, 1.82) is 0 Å². The Balaban J connectivity index is 1.98. The minimum atomic E-state index is -2.99. The van der Waals surface area contributed by atoms with Gasteiger partial charge in [0.15, 0.2) is 5.78 Å². The summed E-state index contributed by atoms with van der Waals surface area (Å²) in [5.74, 6) is -1.07. The van der Waals surface area contributed by atoms with Crippen LogP contribution in [-0.2, 0) is 4.57 Å². The van der Waals surface area contributed by atoms with Crippen molar-refractivity contribution in [3.8, 4) is 11.5 Å². The van der Waals surface area contributed by atoms with Gasteiger partial charge in [-0.05, 0) is 54.6 Å². The number of ether oxygens (including phenoxy) is 2. The summed E-state index contributed by atoms with van der Waals surface area (Å²) in [7, 11) is -0.225. The smallest absolute Gasteiger partial charge is 0.459 e. The topological polar surface area (TPSA) is 86.7 Å². The van der Waals surface area contributed by atoms with Crippen molar-refractivity contribution in [2.45, 2.75) is 0 Å². The SMILES string of the molecule is COc1ccc(OC)c(C(=O)[P+](=O)c2cccc(C(=O)c3c(Cl)cccc3Cl)c2C(=O)c2c(Cl)cccc2Cl)c1. The fourth-order valence-corrected chi connectivity index (χ4v) is 6.42. The Morgan fingerprint density at radius 1 is 0.625 bits per heavy atom. The van der Waals surface area contributed by atoms with Crippen LogP contribution in [0.15, 0.2) is 72.8 Å². The molecule has 0 fully saturated rings. The highest BCUT2D eigenvalue weighted by Gasteiger charge is 2.41. The third-order valence-electron chi connectivity index (χ3n) is 5.93. The molecule has 0 amide bonds. The van der Waals surface area contributed by atoms with Crippen LogP contribution >= 0.6 is 54.2 Å². The number of hydrogen-bond donors (Lipinski definition) is 0. The molecular formula is C29H18Cl4O6P+. The molecule has 11 heteroatoms. The van der Waals surface area contributed by atoms with E-state index in [4.69, 9.17) is 55.9 Å². The van der Waals surface area contributed by atoms with Gasteiger partial charge in [0.05, 0.1) is 51.0 Å². The number of benzene rings is 4. The number of carbonyl (C=O) groups is 3. The van der Waals surface area contributed by atoms with Crippen molar-refractivity contribution in [3.05, 3.63) is 121 Å². The van der Waals surface area contributed by atoms with Crippen LogP contribution in [0.25, 0.3) is 0 Å². The molecule has 0 aliphatic heterocycles. The lowest BCUT2D eigenvalue weighted by Crippen LogP contribution is -2.22. The Bertz CT molecular complexity index is 1660. The van der Waals surface area contributed by atoms with E-state index in [1.165, 1.54) is 68.8 Å². The van der Waals surface area contributed by atoms with E-state index < -0.39 is 24.9 Å². The summed E-state index contributed by atoms with van der Waals surface area (Å²) in [5.41, 5.74) is -1.61. The van der Waals surface area contributed by atoms with Crippen molar-refractivity contribution in [2.75, 3.05) is 14.2 Å². The van der Waals surface area contributed by atoms with Crippen LogP contribution in [-0.4, -0.2) is 31.3 Å². The largest absolute Gasteiger partial charge is 0.497 e. The normalized spacial score (nSPS) is 11.1. The highest BCUT2D eigenvalue weighted by molar-refractivity contribution is 7.71. The molecular weight excluding hydrogens is 617 g/mol. The third kappa shape index (κ3) is 5.64. The van der Waals surface area contributed by atoms with Crippen LogP contribution in [0.1, 0.15) is 42.2 Å². The molecule has 1 atom stereocenters. The minimum Gasteiger partial charge on any atom is -0.497 e. The van der Waals surface area contributed by atoms with E-state index in [1.807, 2.05) is 0 Å². The highest BCUT2D eigenvalue weighted by Crippen LogP contribution is 2.37. The number of methoxy groups -OCH3 is 2. The molecule has 0 bridgehead atoms. The number of hydrogen-bond acceptors (Lipinski definition) is 6. The Kier molecular flexibility index (Phi) is 9.29. The van der Waals surface area contributed by atoms with Crippen LogP contribution < -0.4 is 14.8 Å². The maximum atomic E-state index is 14.1. The molecule has 6 nitrogen and oxygen atoms in total. The zero-order valence-corrected chi connectivity index (χ0v) is 24.8. The van der Waals surface area contributed by atoms with Crippen molar-refractivity contribution in [3.63, 3.8) is 0 Å². The lowest BCUT2D eigenvalue weighted by molar-refractivity contribution is 0.100. The van der Waals surface area contributed by atoms with Gasteiger partial charge in [0.2, 0.25) is 11.1 Å². The maximum Gasteiger partial charge on any atom is 0.459 e. The molecule has 40 heavy (non-hydrogen) atoms. The van der Waals surface area contributed by atoms with Gasteiger partial charge in [-0.2, -0.15) is 0 Å². The summed E-state index contributed by atoms with van der Waals surface area (Å²) in [6.07, 6.45) is 0. The van der Waals surface area contributed by atoms with Crippen molar-refractivity contribution < 1.29 is 28.4 Å². The Morgan fingerprint density at radius 2 is 1.15 bits per heavy atom. The van der Waals surface area contributed by atoms with E-state index in [0.717, 1.165) is 0 Å². The third-order valence-corrected chi connectivity index (χ3v) is 8.61. The summed E-state index contributed by atoms with van der Waals surface area (Å²) in [5, 5.41) is -0.132. The molecule has 4 aromatic rings. The van der Waals surface area contributed by atoms with Gasteiger partial charge >= 0.3 is 13.3 Å². The van der Waals surface area contributed by atoms with Crippen molar-refractivity contribution in [1.82, 2.24) is 0 Å². The van der Waals surface area contributed by atoms with Crippen LogP contribution in [0.2, 0.25) is 20.1 Å².